The van der Waals surface area contributed by atoms with Crippen molar-refractivity contribution in [2.45, 2.75) is 19.8 Å². The lowest BCUT2D eigenvalue weighted by molar-refractivity contribution is 0.434. The van der Waals surface area contributed by atoms with E-state index in [0.29, 0.717) is 0 Å². The second-order valence-corrected chi connectivity index (χ2v) is 7.05. The van der Waals surface area contributed by atoms with Crippen molar-refractivity contribution in [2.24, 2.45) is 5.92 Å². The third-order valence-corrected chi connectivity index (χ3v) is 5.27. The molecule has 2 aromatic rings. The van der Waals surface area contributed by atoms with Crippen LogP contribution >= 0.6 is 0 Å². The molecule has 6 heteroatoms. The highest BCUT2D eigenvalue weighted by atomic mass is 15.3. The van der Waals surface area contributed by atoms with E-state index in [1.54, 1.807) is 0 Å². The smallest absolute Gasteiger partial charge is 0.227 e. The SMILES string of the molecule is CC1CCN(c2nccc(N3CCN(c4ccccn4)CC3)n2)CC1. The second-order valence-electron chi connectivity index (χ2n) is 7.05. The molecule has 132 valence electrons. The first kappa shape index (κ1) is 16.1. The van der Waals surface area contributed by atoms with E-state index < -0.39 is 0 Å². The molecule has 2 saturated heterocycles. The monoisotopic (exact) mass is 338 g/mol. The maximum atomic E-state index is 4.85. The minimum absolute atomic E-state index is 0.819. The number of anilines is 3. The summed E-state index contributed by atoms with van der Waals surface area (Å²) in [6.45, 7) is 8.33. The van der Waals surface area contributed by atoms with E-state index in [4.69, 9.17) is 4.98 Å². The highest BCUT2D eigenvalue weighted by molar-refractivity contribution is 5.47. The normalized spacial score (nSPS) is 19.3. The van der Waals surface area contributed by atoms with E-state index in [1.807, 2.05) is 30.6 Å². The first-order valence-electron chi connectivity index (χ1n) is 9.28. The van der Waals surface area contributed by atoms with Crippen LogP contribution in [0.5, 0.6) is 0 Å². The average Bonchev–Trinajstić information content (AvgIpc) is 2.69. The fourth-order valence-electron chi connectivity index (χ4n) is 3.58. The summed E-state index contributed by atoms with van der Waals surface area (Å²) in [5, 5.41) is 0. The molecule has 6 nitrogen and oxygen atoms in total. The van der Waals surface area contributed by atoms with Gasteiger partial charge in [0.1, 0.15) is 11.6 Å². The molecule has 0 aromatic carbocycles. The lowest BCUT2D eigenvalue weighted by Crippen LogP contribution is -2.47. The summed E-state index contributed by atoms with van der Waals surface area (Å²) >= 11 is 0. The molecule has 0 radical (unpaired) electrons. The van der Waals surface area contributed by atoms with Crippen LogP contribution in [0.2, 0.25) is 0 Å². The maximum absolute atomic E-state index is 4.85. The summed E-state index contributed by atoms with van der Waals surface area (Å²) in [4.78, 5) is 20.8. The molecule has 2 aromatic heterocycles. The minimum Gasteiger partial charge on any atom is -0.353 e. The van der Waals surface area contributed by atoms with Crippen molar-refractivity contribution in [3.05, 3.63) is 36.7 Å². The van der Waals surface area contributed by atoms with Crippen molar-refractivity contribution < 1.29 is 0 Å². The van der Waals surface area contributed by atoms with Gasteiger partial charge in [-0.1, -0.05) is 13.0 Å². The summed E-state index contributed by atoms with van der Waals surface area (Å²) in [5.41, 5.74) is 0. The Labute approximate surface area is 149 Å². The highest BCUT2D eigenvalue weighted by Gasteiger charge is 2.21. The van der Waals surface area contributed by atoms with Gasteiger partial charge in [0.05, 0.1) is 0 Å². The van der Waals surface area contributed by atoms with E-state index in [9.17, 15) is 0 Å². The Morgan fingerprint density at radius 1 is 0.760 bits per heavy atom. The Hall–Kier alpha value is -2.37. The van der Waals surface area contributed by atoms with Crippen molar-refractivity contribution >= 4 is 17.6 Å². The van der Waals surface area contributed by atoms with Crippen LogP contribution in [0.3, 0.4) is 0 Å². The highest BCUT2D eigenvalue weighted by Crippen LogP contribution is 2.23. The molecular weight excluding hydrogens is 312 g/mol. The zero-order valence-electron chi connectivity index (χ0n) is 14.9. The van der Waals surface area contributed by atoms with Gasteiger partial charge in [0.25, 0.3) is 0 Å². The maximum Gasteiger partial charge on any atom is 0.227 e. The van der Waals surface area contributed by atoms with Gasteiger partial charge in [-0.05, 0) is 37.0 Å². The molecule has 4 heterocycles. The van der Waals surface area contributed by atoms with Crippen LogP contribution in [0.25, 0.3) is 0 Å². The van der Waals surface area contributed by atoms with E-state index in [1.165, 1.54) is 12.8 Å². The van der Waals surface area contributed by atoms with Crippen LogP contribution in [0, 0.1) is 5.92 Å². The van der Waals surface area contributed by atoms with Gasteiger partial charge in [-0.15, -0.1) is 0 Å². The molecule has 0 atom stereocenters. The van der Waals surface area contributed by atoms with Crippen LogP contribution in [-0.4, -0.2) is 54.2 Å². The van der Waals surface area contributed by atoms with Crippen LogP contribution in [-0.2, 0) is 0 Å². The largest absolute Gasteiger partial charge is 0.353 e. The van der Waals surface area contributed by atoms with Gasteiger partial charge >= 0.3 is 0 Å². The molecule has 0 aliphatic carbocycles. The van der Waals surface area contributed by atoms with Crippen molar-refractivity contribution in [1.82, 2.24) is 15.0 Å². The Morgan fingerprint density at radius 3 is 2.16 bits per heavy atom. The topological polar surface area (TPSA) is 48.4 Å². The molecule has 4 rings (SSSR count). The zero-order chi connectivity index (χ0) is 17.1. The molecule has 2 aliphatic heterocycles. The molecule has 0 unspecified atom stereocenters. The number of nitrogens with zero attached hydrogens (tertiary/aromatic N) is 6. The number of hydrogen-bond donors (Lipinski definition) is 0. The number of rotatable bonds is 3. The second kappa shape index (κ2) is 7.25. The molecule has 0 saturated carbocycles. The fourth-order valence-corrected chi connectivity index (χ4v) is 3.58. The first-order chi connectivity index (χ1) is 12.3. The van der Waals surface area contributed by atoms with E-state index in [0.717, 1.165) is 62.8 Å². The molecule has 2 aliphatic rings. The number of pyridine rings is 1. The quantitative estimate of drug-likeness (QED) is 0.857. The van der Waals surface area contributed by atoms with Gasteiger partial charge in [0.15, 0.2) is 0 Å². The third-order valence-electron chi connectivity index (χ3n) is 5.27. The summed E-state index contributed by atoms with van der Waals surface area (Å²) < 4.78 is 0. The predicted molar refractivity (Wildman–Crippen MR) is 101 cm³/mol. The van der Waals surface area contributed by atoms with E-state index >= 15 is 0 Å². The van der Waals surface area contributed by atoms with Crippen molar-refractivity contribution in [3.8, 4) is 0 Å². The number of hydrogen-bond acceptors (Lipinski definition) is 6. The molecule has 0 spiro atoms. The standard InChI is InChI=1S/C19H26N6/c1-16-6-10-25(11-7-16)19-21-9-5-18(22-19)24-14-12-23(13-15-24)17-4-2-3-8-20-17/h2-5,8-9,16H,6-7,10-15H2,1H3. The lowest BCUT2D eigenvalue weighted by atomic mass is 10.00. The van der Waals surface area contributed by atoms with Gasteiger partial charge in [0.2, 0.25) is 5.95 Å². The molecule has 0 N–H and O–H groups in total. The zero-order valence-corrected chi connectivity index (χ0v) is 14.9. The summed E-state index contributed by atoms with van der Waals surface area (Å²) in [6.07, 6.45) is 6.23. The minimum atomic E-state index is 0.819. The van der Waals surface area contributed by atoms with Crippen molar-refractivity contribution in [1.29, 1.82) is 0 Å². The molecule has 0 bridgehead atoms. The number of aromatic nitrogens is 3. The van der Waals surface area contributed by atoms with Gasteiger partial charge in [-0.3, -0.25) is 0 Å². The Balaban J connectivity index is 1.40. The van der Waals surface area contributed by atoms with Crippen LogP contribution in [0.4, 0.5) is 17.6 Å². The average molecular weight is 338 g/mol. The van der Waals surface area contributed by atoms with E-state index in [2.05, 4.69) is 37.7 Å². The van der Waals surface area contributed by atoms with Gasteiger partial charge in [-0.25, -0.2) is 9.97 Å². The summed E-state index contributed by atoms with van der Waals surface area (Å²) in [5.74, 6) is 3.81. The Kier molecular flexibility index (Phi) is 4.68. The van der Waals surface area contributed by atoms with Gasteiger partial charge in [-0.2, -0.15) is 4.98 Å². The summed E-state index contributed by atoms with van der Waals surface area (Å²) in [7, 11) is 0. The summed E-state index contributed by atoms with van der Waals surface area (Å²) in [6, 6.07) is 8.12. The van der Waals surface area contributed by atoms with Gasteiger partial charge in [0, 0.05) is 51.7 Å². The first-order valence-corrected chi connectivity index (χ1v) is 9.28. The van der Waals surface area contributed by atoms with Crippen molar-refractivity contribution in [3.63, 3.8) is 0 Å². The van der Waals surface area contributed by atoms with Crippen LogP contribution in [0.15, 0.2) is 36.7 Å². The van der Waals surface area contributed by atoms with Crippen LogP contribution < -0.4 is 14.7 Å². The van der Waals surface area contributed by atoms with E-state index in [-0.39, 0.29) is 0 Å². The third kappa shape index (κ3) is 3.67. The molecule has 0 amide bonds. The van der Waals surface area contributed by atoms with Crippen LogP contribution in [0.1, 0.15) is 19.8 Å². The number of piperazine rings is 1. The molecule has 2 fully saturated rings. The fraction of sp³-hybridized carbons (Fsp3) is 0.526. The number of piperidine rings is 1. The molecular formula is C19H26N6. The Morgan fingerprint density at radius 2 is 1.48 bits per heavy atom. The van der Waals surface area contributed by atoms with Gasteiger partial charge < -0.3 is 14.7 Å². The molecule has 25 heavy (non-hydrogen) atoms. The predicted octanol–water partition coefficient (Wildman–Crippen LogP) is 2.43. The van der Waals surface area contributed by atoms with Crippen molar-refractivity contribution in [2.75, 3.05) is 54.0 Å². The lowest BCUT2D eigenvalue weighted by Gasteiger charge is -2.36. The Bertz CT molecular complexity index is 675.